The predicted octanol–water partition coefficient (Wildman–Crippen LogP) is 2.73. The van der Waals surface area contributed by atoms with Gasteiger partial charge in [-0.25, -0.2) is 0 Å². The molecule has 0 bridgehead atoms. The predicted molar refractivity (Wildman–Crippen MR) is 169 cm³/mol. The molecule has 2 amide bonds. The number of carbonyl (C=O) groups excluding carboxylic acids is 3. The summed E-state index contributed by atoms with van der Waals surface area (Å²) < 4.78 is 6.51. The van der Waals surface area contributed by atoms with Gasteiger partial charge >= 0.3 is 270 Å². The van der Waals surface area contributed by atoms with Crippen molar-refractivity contribution in [2.24, 2.45) is 0 Å². The number of ether oxygens (including phenoxy) is 1. The first-order chi connectivity index (χ1) is 21.5. The third-order valence-corrected chi connectivity index (χ3v) is 10.2. The van der Waals surface area contributed by atoms with E-state index in [-0.39, 0.29) is 22.4 Å². The minimum atomic E-state index is -0.666. The van der Waals surface area contributed by atoms with Gasteiger partial charge in [-0.1, -0.05) is 0 Å². The number of halogens is 1. The van der Waals surface area contributed by atoms with E-state index in [9.17, 15) is 14.4 Å². The number of ketones is 1. The SMILES string of the molecule is CCOC1=C/C=C\CC/C=C\1C#CCNC(=O)C(=O)C[I-]Cc1ccccc1C(=O)NC1(c2ccc3ccccc3c2)CC1. The van der Waals surface area contributed by atoms with Crippen LogP contribution in [0.25, 0.3) is 10.8 Å². The van der Waals surface area contributed by atoms with E-state index in [1.165, 1.54) is 5.39 Å². The number of rotatable bonds is 11. The number of fused-ring (bicyclic) bond motifs is 1. The zero-order chi connectivity index (χ0) is 30.8. The van der Waals surface area contributed by atoms with E-state index in [0.29, 0.717) is 22.4 Å². The Labute approximate surface area is 269 Å². The van der Waals surface area contributed by atoms with Crippen molar-refractivity contribution in [2.75, 3.05) is 17.6 Å². The van der Waals surface area contributed by atoms with Gasteiger partial charge in [0.1, 0.15) is 0 Å². The molecule has 7 heteroatoms. The molecule has 0 aliphatic heterocycles. The summed E-state index contributed by atoms with van der Waals surface area (Å²) in [6.07, 6.45) is 11.6. The summed E-state index contributed by atoms with van der Waals surface area (Å²) in [5.74, 6) is 5.55. The Kier molecular flexibility index (Phi) is 10.7. The standard InChI is InChI=1S/C37H36IN2O4/c1-2-44-34-18-6-4-3-5-13-28(34)16-11-23-39-36(43)33(41)26-38-25-30-15-9-10-17-32(30)35(42)40-37(21-22-37)31-20-19-27-12-7-8-14-29(27)24-31/h4,6-10,12-15,17-20,24H,2-3,5,21-23,25-26H2,1H3,(H,39,43)(H,40,42)/q-1/b6-4-,28-13-,34-18+. The summed E-state index contributed by atoms with van der Waals surface area (Å²) in [6, 6.07) is 22.2. The molecule has 0 aromatic heterocycles. The molecule has 0 unspecified atom stereocenters. The fourth-order valence-electron chi connectivity index (χ4n) is 5.06. The summed E-state index contributed by atoms with van der Waals surface area (Å²) in [5.41, 5.74) is 3.11. The van der Waals surface area contributed by atoms with Crippen molar-refractivity contribution in [2.45, 2.75) is 42.6 Å². The maximum atomic E-state index is 13.5. The average Bonchev–Trinajstić information content (AvgIpc) is 3.82. The van der Waals surface area contributed by atoms with Crippen LogP contribution in [0.2, 0.25) is 0 Å². The monoisotopic (exact) mass is 699 g/mol. The van der Waals surface area contributed by atoms with Gasteiger partial charge < -0.3 is 0 Å². The Morgan fingerprint density at radius 1 is 0.977 bits per heavy atom. The molecule has 2 N–H and O–H groups in total. The number of hydrogen-bond acceptors (Lipinski definition) is 4. The van der Waals surface area contributed by atoms with Crippen LogP contribution in [0.3, 0.4) is 0 Å². The zero-order valence-corrected chi connectivity index (χ0v) is 27.0. The van der Waals surface area contributed by atoms with Crippen molar-refractivity contribution in [3.8, 4) is 11.8 Å². The fraction of sp³-hybridized carbons (Fsp3) is 0.270. The van der Waals surface area contributed by atoms with Crippen molar-refractivity contribution >= 4 is 28.4 Å². The van der Waals surface area contributed by atoms with Crippen molar-refractivity contribution in [1.29, 1.82) is 0 Å². The van der Waals surface area contributed by atoms with Crippen LogP contribution in [0, 0.1) is 11.8 Å². The van der Waals surface area contributed by atoms with E-state index in [1.807, 2.05) is 61.5 Å². The molecule has 6 nitrogen and oxygen atoms in total. The summed E-state index contributed by atoms with van der Waals surface area (Å²) >= 11 is -0.666. The molecule has 0 spiro atoms. The van der Waals surface area contributed by atoms with Crippen LogP contribution in [0.4, 0.5) is 0 Å². The topological polar surface area (TPSA) is 84.5 Å². The van der Waals surface area contributed by atoms with Crippen molar-refractivity contribution < 1.29 is 40.3 Å². The molecule has 0 radical (unpaired) electrons. The van der Waals surface area contributed by atoms with Crippen LogP contribution >= 0.6 is 0 Å². The average molecular weight is 700 g/mol. The second kappa shape index (κ2) is 15.0. The van der Waals surface area contributed by atoms with Crippen LogP contribution in [0.1, 0.15) is 54.1 Å². The van der Waals surface area contributed by atoms with Gasteiger partial charge in [-0.2, -0.15) is 0 Å². The fourth-order valence-corrected chi connectivity index (χ4v) is 7.41. The molecule has 44 heavy (non-hydrogen) atoms. The Hall–Kier alpha value is -4.16. The normalized spacial score (nSPS) is 18.2. The van der Waals surface area contributed by atoms with Gasteiger partial charge in [-0.15, -0.1) is 0 Å². The van der Waals surface area contributed by atoms with Gasteiger partial charge in [0.25, 0.3) is 0 Å². The number of allylic oxidation sites excluding steroid dienone is 5. The summed E-state index contributed by atoms with van der Waals surface area (Å²) in [5, 5.41) is 8.27. The molecule has 1 saturated carbocycles. The Balaban J connectivity index is 1.12. The van der Waals surface area contributed by atoms with Gasteiger partial charge in [-0.3, -0.25) is 0 Å². The molecule has 0 atom stereocenters. The van der Waals surface area contributed by atoms with E-state index in [2.05, 4.69) is 58.9 Å². The number of Topliss-reactive ketones (excluding diaryl/α,β-unsaturated/α-hetero) is 1. The Morgan fingerprint density at radius 2 is 1.77 bits per heavy atom. The van der Waals surface area contributed by atoms with Crippen LogP contribution in [0.15, 0.2) is 102 Å². The van der Waals surface area contributed by atoms with Crippen molar-refractivity contribution in [3.05, 3.63) is 119 Å². The quantitative estimate of drug-likeness (QED) is 0.140. The molecule has 2 aliphatic carbocycles. The minimum absolute atomic E-state index is 0.0808. The van der Waals surface area contributed by atoms with Gasteiger partial charge in [0.15, 0.2) is 0 Å². The summed E-state index contributed by atoms with van der Waals surface area (Å²) in [7, 11) is 0. The summed E-state index contributed by atoms with van der Waals surface area (Å²) in [4.78, 5) is 38.4. The van der Waals surface area contributed by atoms with Crippen LogP contribution in [0.5, 0.6) is 0 Å². The van der Waals surface area contributed by atoms with Crippen LogP contribution in [-0.2, 0) is 24.3 Å². The number of amides is 2. The van der Waals surface area contributed by atoms with E-state index >= 15 is 0 Å². The Morgan fingerprint density at radius 3 is 2.59 bits per heavy atom. The first kappa shape index (κ1) is 31.3. The molecule has 1 fully saturated rings. The second-order valence-corrected chi connectivity index (χ2v) is 13.3. The molecule has 3 aromatic carbocycles. The number of alkyl halides is 2. The molecular formula is C37H36IN2O4-. The molecule has 0 saturated heterocycles. The number of nitrogens with one attached hydrogen (secondary N) is 2. The van der Waals surface area contributed by atoms with Gasteiger partial charge in [-0.05, 0) is 0 Å². The first-order valence-corrected chi connectivity index (χ1v) is 18.0. The van der Waals surface area contributed by atoms with Gasteiger partial charge in [0.05, 0.1) is 0 Å². The second-order valence-electron chi connectivity index (χ2n) is 10.7. The third kappa shape index (κ3) is 8.06. The summed E-state index contributed by atoms with van der Waals surface area (Å²) in [6.45, 7) is 2.54. The zero-order valence-electron chi connectivity index (χ0n) is 24.8. The first-order valence-electron chi connectivity index (χ1n) is 14.9. The van der Waals surface area contributed by atoms with E-state index in [4.69, 9.17) is 4.74 Å². The molecule has 2 aliphatic rings. The van der Waals surface area contributed by atoms with Crippen molar-refractivity contribution in [1.82, 2.24) is 10.6 Å². The maximum absolute atomic E-state index is 13.5. The van der Waals surface area contributed by atoms with E-state index in [0.717, 1.165) is 47.8 Å². The molecular weight excluding hydrogens is 663 g/mol. The Bertz CT molecular complexity index is 1700. The van der Waals surface area contributed by atoms with Gasteiger partial charge in [0, 0.05) is 0 Å². The molecule has 0 heterocycles. The number of benzene rings is 3. The van der Waals surface area contributed by atoms with E-state index in [1.54, 1.807) is 0 Å². The third-order valence-electron chi connectivity index (χ3n) is 7.57. The molecule has 226 valence electrons. The van der Waals surface area contributed by atoms with Gasteiger partial charge in [0.2, 0.25) is 0 Å². The molecule has 5 rings (SSSR count). The number of hydrogen-bond donors (Lipinski definition) is 2. The van der Waals surface area contributed by atoms with E-state index < -0.39 is 32.9 Å². The van der Waals surface area contributed by atoms with Crippen molar-refractivity contribution in [3.63, 3.8) is 0 Å². The van der Waals surface area contributed by atoms with Crippen LogP contribution < -0.4 is 31.8 Å². The number of carbonyl (C=O) groups is 3. The van der Waals surface area contributed by atoms with Crippen LogP contribution in [-0.4, -0.2) is 35.2 Å². The molecule has 3 aromatic rings.